The van der Waals surface area contributed by atoms with E-state index in [1.165, 1.54) is 6.07 Å². The van der Waals surface area contributed by atoms with Crippen molar-refractivity contribution in [3.8, 4) is 11.1 Å². The van der Waals surface area contributed by atoms with Crippen molar-refractivity contribution in [1.82, 2.24) is 20.3 Å². The second kappa shape index (κ2) is 8.25. The van der Waals surface area contributed by atoms with E-state index >= 15 is 0 Å². The van der Waals surface area contributed by atoms with E-state index in [2.05, 4.69) is 25.6 Å². The molecule has 2 aromatic heterocycles. The van der Waals surface area contributed by atoms with Crippen molar-refractivity contribution in [3.63, 3.8) is 0 Å². The van der Waals surface area contributed by atoms with Crippen molar-refractivity contribution in [2.24, 2.45) is 0 Å². The number of benzene rings is 2. The fraction of sp³-hybridized carbons (Fsp3) is 0.174. The van der Waals surface area contributed by atoms with Gasteiger partial charge in [-0.25, -0.2) is 9.37 Å². The standard InChI is InChI=1S/C23H21FN6O/c24-18-7-2-1-4-15(18)16-5-3-6-17-21(16)29-23(30-22(17)25)28-14-8-9-19(27-12-14)20-13-26-10-11-31-20/h1-9,12,20,26H,10-11,13H2,(H3,25,28,29,30). The monoisotopic (exact) mass is 416 g/mol. The van der Waals surface area contributed by atoms with Crippen LogP contribution in [0.25, 0.3) is 22.0 Å². The van der Waals surface area contributed by atoms with Crippen molar-refractivity contribution in [2.75, 3.05) is 30.7 Å². The number of morpholine rings is 1. The van der Waals surface area contributed by atoms with Gasteiger partial charge in [-0.2, -0.15) is 4.98 Å². The summed E-state index contributed by atoms with van der Waals surface area (Å²) in [7, 11) is 0. The van der Waals surface area contributed by atoms with Gasteiger partial charge in [0.1, 0.15) is 17.7 Å². The lowest BCUT2D eigenvalue weighted by Crippen LogP contribution is -2.33. The van der Waals surface area contributed by atoms with Gasteiger partial charge in [-0.05, 0) is 24.3 Å². The highest BCUT2D eigenvalue weighted by Crippen LogP contribution is 2.32. The van der Waals surface area contributed by atoms with Gasteiger partial charge >= 0.3 is 0 Å². The number of hydrogen-bond acceptors (Lipinski definition) is 7. The fourth-order valence-corrected chi connectivity index (χ4v) is 3.68. The summed E-state index contributed by atoms with van der Waals surface area (Å²) in [4.78, 5) is 13.5. The molecule has 4 N–H and O–H groups in total. The van der Waals surface area contributed by atoms with Gasteiger partial charge < -0.3 is 21.1 Å². The zero-order valence-corrected chi connectivity index (χ0v) is 16.7. The number of nitrogens with two attached hydrogens (primary N) is 1. The SMILES string of the molecule is Nc1nc(Nc2ccc(C3CNCCO3)nc2)nc2c(-c3ccccc3F)cccc12. The first-order valence-electron chi connectivity index (χ1n) is 10.1. The Morgan fingerprint density at radius 3 is 2.68 bits per heavy atom. The van der Waals surface area contributed by atoms with Crippen LogP contribution in [0.2, 0.25) is 0 Å². The number of para-hydroxylation sites is 1. The van der Waals surface area contributed by atoms with E-state index in [9.17, 15) is 4.39 Å². The van der Waals surface area contributed by atoms with E-state index in [1.54, 1.807) is 24.4 Å². The number of pyridine rings is 1. The molecule has 1 saturated heterocycles. The molecule has 31 heavy (non-hydrogen) atoms. The van der Waals surface area contributed by atoms with Crippen LogP contribution in [-0.4, -0.2) is 34.6 Å². The van der Waals surface area contributed by atoms with Crippen LogP contribution in [0.15, 0.2) is 60.8 Å². The van der Waals surface area contributed by atoms with Gasteiger partial charge in [0.2, 0.25) is 5.95 Å². The van der Waals surface area contributed by atoms with E-state index in [0.29, 0.717) is 40.4 Å². The first kappa shape index (κ1) is 19.3. The van der Waals surface area contributed by atoms with Crippen LogP contribution in [0.5, 0.6) is 0 Å². The second-order valence-electron chi connectivity index (χ2n) is 7.27. The van der Waals surface area contributed by atoms with Crippen LogP contribution < -0.4 is 16.4 Å². The van der Waals surface area contributed by atoms with E-state index in [1.807, 2.05) is 30.3 Å². The molecule has 0 amide bonds. The van der Waals surface area contributed by atoms with Gasteiger partial charge in [-0.15, -0.1) is 0 Å². The summed E-state index contributed by atoms with van der Waals surface area (Å²) in [6.07, 6.45) is 1.65. The van der Waals surface area contributed by atoms with Crippen LogP contribution in [0.3, 0.4) is 0 Å². The number of halogens is 1. The molecule has 0 radical (unpaired) electrons. The molecule has 4 aromatic rings. The number of nitrogen functional groups attached to an aromatic ring is 1. The Bertz CT molecular complexity index is 1220. The average molecular weight is 416 g/mol. The summed E-state index contributed by atoms with van der Waals surface area (Å²) in [5.74, 6) is 0.316. The molecular formula is C23H21FN6O. The Morgan fingerprint density at radius 1 is 1.03 bits per heavy atom. The molecule has 0 spiro atoms. The third-order valence-corrected chi connectivity index (χ3v) is 5.22. The number of aromatic nitrogens is 3. The molecule has 1 unspecified atom stereocenters. The highest BCUT2D eigenvalue weighted by Gasteiger charge is 2.17. The molecule has 8 heteroatoms. The lowest BCUT2D eigenvalue weighted by molar-refractivity contribution is 0.0250. The van der Waals surface area contributed by atoms with Crippen LogP contribution >= 0.6 is 0 Å². The summed E-state index contributed by atoms with van der Waals surface area (Å²) < 4.78 is 20.2. The molecule has 3 heterocycles. The third kappa shape index (κ3) is 3.90. The maximum atomic E-state index is 14.4. The van der Waals surface area contributed by atoms with E-state index in [-0.39, 0.29) is 11.9 Å². The van der Waals surface area contributed by atoms with Gasteiger partial charge in [-0.1, -0.05) is 30.3 Å². The van der Waals surface area contributed by atoms with Gasteiger partial charge in [0.05, 0.1) is 29.7 Å². The van der Waals surface area contributed by atoms with E-state index in [4.69, 9.17) is 10.5 Å². The minimum absolute atomic E-state index is 0.0568. The molecule has 1 aliphatic heterocycles. The number of ether oxygens (including phenoxy) is 1. The lowest BCUT2D eigenvalue weighted by atomic mass is 10.0. The Morgan fingerprint density at radius 2 is 1.90 bits per heavy atom. The van der Waals surface area contributed by atoms with Gasteiger partial charge in [0.15, 0.2) is 0 Å². The molecule has 0 aliphatic carbocycles. The predicted molar refractivity (Wildman–Crippen MR) is 118 cm³/mol. The average Bonchev–Trinajstić information content (AvgIpc) is 2.80. The Balaban J connectivity index is 1.48. The largest absolute Gasteiger partial charge is 0.383 e. The quantitative estimate of drug-likeness (QED) is 0.465. The first-order valence-corrected chi connectivity index (χ1v) is 10.1. The number of anilines is 3. The summed E-state index contributed by atoms with van der Waals surface area (Å²) in [6.45, 7) is 2.26. The topological polar surface area (TPSA) is 98.0 Å². The molecule has 5 rings (SSSR count). The molecular weight excluding hydrogens is 395 g/mol. The molecule has 0 bridgehead atoms. The molecule has 156 valence electrons. The van der Waals surface area contributed by atoms with Crippen molar-refractivity contribution in [1.29, 1.82) is 0 Å². The van der Waals surface area contributed by atoms with Crippen LogP contribution in [-0.2, 0) is 4.74 Å². The summed E-state index contributed by atoms with van der Waals surface area (Å²) >= 11 is 0. The summed E-state index contributed by atoms with van der Waals surface area (Å²) in [5.41, 5.74) is 9.47. The van der Waals surface area contributed by atoms with E-state index in [0.717, 1.165) is 24.5 Å². The van der Waals surface area contributed by atoms with Gasteiger partial charge in [-0.3, -0.25) is 4.98 Å². The normalized spacial score (nSPS) is 16.4. The molecule has 7 nitrogen and oxygen atoms in total. The zero-order chi connectivity index (χ0) is 21.2. The lowest BCUT2D eigenvalue weighted by Gasteiger charge is -2.23. The molecule has 1 aliphatic rings. The van der Waals surface area contributed by atoms with E-state index < -0.39 is 0 Å². The molecule has 1 fully saturated rings. The maximum Gasteiger partial charge on any atom is 0.229 e. The highest BCUT2D eigenvalue weighted by molar-refractivity contribution is 5.99. The number of nitrogens with one attached hydrogen (secondary N) is 2. The van der Waals surface area contributed by atoms with Crippen molar-refractivity contribution in [2.45, 2.75) is 6.10 Å². The first-order chi connectivity index (χ1) is 15.2. The van der Waals surface area contributed by atoms with Crippen molar-refractivity contribution < 1.29 is 9.13 Å². The van der Waals surface area contributed by atoms with Crippen molar-refractivity contribution >= 4 is 28.4 Å². The number of fused-ring (bicyclic) bond motifs is 1. The van der Waals surface area contributed by atoms with Gasteiger partial charge in [0, 0.05) is 29.6 Å². The minimum Gasteiger partial charge on any atom is -0.383 e. The maximum absolute atomic E-state index is 14.4. The predicted octanol–water partition coefficient (Wildman–Crippen LogP) is 3.82. The van der Waals surface area contributed by atoms with Crippen molar-refractivity contribution in [3.05, 3.63) is 72.3 Å². The van der Waals surface area contributed by atoms with Crippen LogP contribution in [0.4, 0.5) is 21.8 Å². The third-order valence-electron chi connectivity index (χ3n) is 5.22. The number of hydrogen-bond donors (Lipinski definition) is 3. The number of nitrogens with zero attached hydrogens (tertiary/aromatic N) is 3. The smallest absolute Gasteiger partial charge is 0.229 e. The van der Waals surface area contributed by atoms with Crippen LogP contribution in [0.1, 0.15) is 11.8 Å². The highest BCUT2D eigenvalue weighted by atomic mass is 19.1. The zero-order valence-electron chi connectivity index (χ0n) is 16.7. The van der Waals surface area contributed by atoms with Gasteiger partial charge in [0.25, 0.3) is 0 Å². The van der Waals surface area contributed by atoms with Crippen LogP contribution in [0, 0.1) is 5.82 Å². The Hall–Kier alpha value is -3.62. The fourth-order valence-electron chi connectivity index (χ4n) is 3.68. The Kier molecular flexibility index (Phi) is 5.15. The summed E-state index contributed by atoms with van der Waals surface area (Å²) in [5, 5.41) is 7.11. The molecule has 2 aromatic carbocycles. The second-order valence-corrected chi connectivity index (χ2v) is 7.27. The Labute approximate surface area is 178 Å². The number of rotatable bonds is 4. The molecule has 0 saturated carbocycles. The molecule has 1 atom stereocenters. The minimum atomic E-state index is -0.319. The summed E-state index contributed by atoms with van der Waals surface area (Å²) in [6, 6.07) is 15.9.